The van der Waals surface area contributed by atoms with Crippen LogP contribution in [0.25, 0.3) is 11.0 Å². The molecule has 1 heterocycles. The van der Waals surface area contributed by atoms with Gasteiger partial charge in [-0.15, -0.1) is 0 Å². The van der Waals surface area contributed by atoms with Crippen molar-refractivity contribution < 1.29 is 14.1 Å². The van der Waals surface area contributed by atoms with E-state index in [0.29, 0.717) is 16.7 Å². The summed E-state index contributed by atoms with van der Waals surface area (Å²) in [5, 5.41) is 11.3. The lowest BCUT2D eigenvalue weighted by Crippen LogP contribution is -2.04. The maximum absolute atomic E-state index is 10.6. The van der Waals surface area contributed by atoms with Crippen LogP contribution in [0.1, 0.15) is 13.8 Å². The Labute approximate surface area is 91.8 Å². The quantitative estimate of drug-likeness (QED) is 0.590. The fourth-order valence-corrected chi connectivity index (χ4v) is 1.45. The largest absolute Gasteiger partial charge is 0.487 e. The fraction of sp³-hybridized carbons (Fsp3) is 0.273. The van der Waals surface area contributed by atoms with E-state index < -0.39 is 4.92 Å². The first-order chi connectivity index (χ1) is 7.58. The van der Waals surface area contributed by atoms with Gasteiger partial charge in [0.1, 0.15) is 11.8 Å². The number of nitro groups is 1. The zero-order valence-electron chi connectivity index (χ0n) is 8.97. The Kier molecular flexibility index (Phi) is 2.52. The van der Waals surface area contributed by atoms with Gasteiger partial charge in [0.05, 0.1) is 16.4 Å². The van der Waals surface area contributed by atoms with Gasteiger partial charge in [-0.05, 0) is 19.9 Å². The van der Waals surface area contributed by atoms with E-state index in [1.54, 1.807) is 6.07 Å². The molecule has 0 N–H and O–H groups in total. The second-order valence-electron chi connectivity index (χ2n) is 3.70. The second kappa shape index (κ2) is 3.84. The monoisotopic (exact) mass is 221 g/mol. The maximum atomic E-state index is 10.6. The van der Waals surface area contributed by atoms with Crippen LogP contribution in [0, 0.1) is 10.1 Å². The molecule has 0 amide bonds. The van der Waals surface area contributed by atoms with Gasteiger partial charge in [0.15, 0.2) is 5.75 Å². The van der Waals surface area contributed by atoms with Crippen molar-refractivity contribution in [3.05, 3.63) is 34.6 Å². The molecule has 0 aliphatic carbocycles. The molecule has 0 atom stereocenters. The van der Waals surface area contributed by atoms with E-state index in [1.165, 1.54) is 18.4 Å². The third-order valence-corrected chi connectivity index (χ3v) is 2.10. The summed E-state index contributed by atoms with van der Waals surface area (Å²) in [5.41, 5.74) is 0.615. The van der Waals surface area contributed by atoms with Crippen LogP contribution in [0.4, 0.5) is 5.69 Å². The zero-order chi connectivity index (χ0) is 11.7. The molecular weight excluding hydrogens is 210 g/mol. The van der Waals surface area contributed by atoms with Crippen molar-refractivity contribution in [2.75, 3.05) is 0 Å². The Bertz CT molecular complexity index is 530. The normalized spacial score (nSPS) is 10.9. The molecule has 0 aliphatic heterocycles. The lowest BCUT2D eigenvalue weighted by atomic mass is 10.2. The molecule has 1 aromatic heterocycles. The number of furan rings is 1. The van der Waals surface area contributed by atoms with Crippen LogP contribution >= 0.6 is 0 Å². The van der Waals surface area contributed by atoms with Gasteiger partial charge in [0.25, 0.3) is 5.69 Å². The highest BCUT2D eigenvalue weighted by Crippen LogP contribution is 2.31. The molecule has 2 aromatic rings. The molecule has 1 aromatic carbocycles. The van der Waals surface area contributed by atoms with Gasteiger partial charge < -0.3 is 9.15 Å². The molecule has 0 radical (unpaired) electrons. The smallest absolute Gasteiger partial charge is 0.270 e. The van der Waals surface area contributed by atoms with E-state index in [9.17, 15) is 10.1 Å². The van der Waals surface area contributed by atoms with E-state index in [-0.39, 0.29) is 11.8 Å². The second-order valence-corrected chi connectivity index (χ2v) is 3.70. The third-order valence-electron chi connectivity index (χ3n) is 2.10. The van der Waals surface area contributed by atoms with Gasteiger partial charge in [0, 0.05) is 12.1 Å². The SMILES string of the molecule is CC(C)Oc1coc2ccc([N+](=O)[O-])cc12. The van der Waals surface area contributed by atoms with E-state index in [4.69, 9.17) is 9.15 Å². The molecule has 84 valence electrons. The molecule has 16 heavy (non-hydrogen) atoms. The molecule has 0 saturated carbocycles. The summed E-state index contributed by atoms with van der Waals surface area (Å²) < 4.78 is 10.7. The number of nitro benzene ring substituents is 1. The molecule has 5 nitrogen and oxygen atoms in total. The highest BCUT2D eigenvalue weighted by molar-refractivity contribution is 5.86. The molecular formula is C11H11NO4. The van der Waals surface area contributed by atoms with Gasteiger partial charge >= 0.3 is 0 Å². The number of benzene rings is 1. The molecule has 2 rings (SSSR count). The van der Waals surface area contributed by atoms with Gasteiger partial charge in [-0.25, -0.2) is 0 Å². The Hall–Kier alpha value is -2.04. The van der Waals surface area contributed by atoms with Crippen molar-refractivity contribution >= 4 is 16.7 Å². The number of nitrogens with zero attached hydrogens (tertiary/aromatic N) is 1. The molecule has 5 heteroatoms. The molecule has 0 spiro atoms. The Morgan fingerprint density at radius 1 is 1.44 bits per heavy atom. The van der Waals surface area contributed by atoms with E-state index in [2.05, 4.69) is 0 Å². The summed E-state index contributed by atoms with van der Waals surface area (Å²) in [6.07, 6.45) is 1.47. The van der Waals surface area contributed by atoms with Crippen molar-refractivity contribution in [3.8, 4) is 5.75 Å². The topological polar surface area (TPSA) is 65.5 Å². The zero-order valence-corrected chi connectivity index (χ0v) is 8.97. The molecule has 0 bridgehead atoms. The Morgan fingerprint density at radius 2 is 2.19 bits per heavy atom. The van der Waals surface area contributed by atoms with Crippen LogP contribution < -0.4 is 4.74 Å². The lowest BCUT2D eigenvalue weighted by molar-refractivity contribution is -0.384. The number of non-ortho nitro benzene ring substituents is 1. The minimum atomic E-state index is -0.439. The van der Waals surface area contributed by atoms with Gasteiger partial charge in [0.2, 0.25) is 0 Å². The molecule has 0 fully saturated rings. The van der Waals surface area contributed by atoms with Crippen LogP contribution in [-0.4, -0.2) is 11.0 Å². The van der Waals surface area contributed by atoms with Crippen LogP contribution in [0.5, 0.6) is 5.75 Å². The Morgan fingerprint density at radius 3 is 2.81 bits per heavy atom. The standard InChI is InChI=1S/C11H11NO4/c1-7(2)16-11-6-15-10-4-3-8(12(13)14)5-9(10)11/h3-7H,1-2H3. The Balaban J connectivity index is 2.51. The predicted molar refractivity (Wildman–Crippen MR) is 58.6 cm³/mol. The highest BCUT2D eigenvalue weighted by Gasteiger charge is 2.13. The van der Waals surface area contributed by atoms with Gasteiger partial charge in [-0.2, -0.15) is 0 Å². The van der Waals surface area contributed by atoms with Crippen molar-refractivity contribution in [2.45, 2.75) is 20.0 Å². The molecule has 0 unspecified atom stereocenters. The van der Waals surface area contributed by atoms with Gasteiger partial charge in [-0.3, -0.25) is 10.1 Å². The molecule has 0 aliphatic rings. The summed E-state index contributed by atoms with van der Waals surface area (Å²) in [7, 11) is 0. The van der Waals surface area contributed by atoms with Crippen LogP contribution in [0.2, 0.25) is 0 Å². The van der Waals surface area contributed by atoms with Crippen LogP contribution in [0.15, 0.2) is 28.9 Å². The summed E-state index contributed by atoms with van der Waals surface area (Å²) >= 11 is 0. The average molecular weight is 221 g/mol. The van der Waals surface area contributed by atoms with Crippen molar-refractivity contribution in [1.82, 2.24) is 0 Å². The van der Waals surface area contributed by atoms with Crippen LogP contribution in [0.3, 0.4) is 0 Å². The summed E-state index contributed by atoms with van der Waals surface area (Å²) in [6.45, 7) is 3.77. The van der Waals surface area contributed by atoms with Crippen molar-refractivity contribution in [2.24, 2.45) is 0 Å². The first kappa shape index (κ1) is 10.5. The summed E-state index contributed by atoms with van der Waals surface area (Å²) in [4.78, 5) is 10.2. The highest BCUT2D eigenvalue weighted by atomic mass is 16.6. The van der Waals surface area contributed by atoms with E-state index >= 15 is 0 Å². The number of fused-ring (bicyclic) bond motifs is 1. The van der Waals surface area contributed by atoms with Crippen LogP contribution in [-0.2, 0) is 0 Å². The molecule has 0 saturated heterocycles. The summed E-state index contributed by atoms with van der Waals surface area (Å²) in [5.74, 6) is 0.536. The fourth-order valence-electron chi connectivity index (χ4n) is 1.45. The number of ether oxygens (including phenoxy) is 1. The number of hydrogen-bond donors (Lipinski definition) is 0. The third kappa shape index (κ3) is 1.84. The van der Waals surface area contributed by atoms with Crippen molar-refractivity contribution in [3.63, 3.8) is 0 Å². The van der Waals surface area contributed by atoms with Gasteiger partial charge in [-0.1, -0.05) is 0 Å². The van der Waals surface area contributed by atoms with E-state index in [1.807, 2.05) is 13.8 Å². The lowest BCUT2D eigenvalue weighted by Gasteiger charge is -2.06. The minimum Gasteiger partial charge on any atom is -0.487 e. The summed E-state index contributed by atoms with van der Waals surface area (Å²) in [6, 6.07) is 4.43. The average Bonchev–Trinajstić information content (AvgIpc) is 2.60. The minimum absolute atomic E-state index is 0.0000576. The number of rotatable bonds is 3. The predicted octanol–water partition coefficient (Wildman–Crippen LogP) is 3.13. The van der Waals surface area contributed by atoms with Crippen molar-refractivity contribution in [1.29, 1.82) is 0 Å². The first-order valence-electron chi connectivity index (χ1n) is 4.90. The first-order valence-corrected chi connectivity index (χ1v) is 4.90. The maximum Gasteiger partial charge on any atom is 0.270 e. The van der Waals surface area contributed by atoms with E-state index in [0.717, 1.165) is 0 Å². The number of hydrogen-bond acceptors (Lipinski definition) is 4.